The van der Waals surface area contributed by atoms with Crippen LogP contribution < -0.4 is 30.0 Å². The zero-order chi connectivity index (χ0) is 29.9. The molecule has 0 unspecified atom stereocenters. The summed E-state index contributed by atoms with van der Waals surface area (Å²) in [5, 5.41) is 3.29. The topological polar surface area (TPSA) is 139 Å². The van der Waals surface area contributed by atoms with Gasteiger partial charge in [-0.05, 0) is 62.4 Å². The Morgan fingerprint density at radius 3 is 2.05 bits per heavy atom. The number of aromatic nitrogens is 4. The predicted octanol–water partition coefficient (Wildman–Crippen LogP) is 5.49. The van der Waals surface area contributed by atoms with Crippen molar-refractivity contribution in [1.29, 1.82) is 0 Å². The number of fused-ring (bicyclic) bond motifs is 1. The summed E-state index contributed by atoms with van der Waals surface area (Å²) in [5.74, 6) is 3.58. The van der Waals surface area contributed by atoms with Crippen LogP contribution in [0.15, 0.2) is 73.1 Å². The molecule has 11 heteroatoms. The third-order valence-corrected chi connectivity index (χ3v) is 6.33. The van der Waals surface area contributed by atoms with E-state index in [-0.39, 0.29) is 0 Å². The molecule has 3 heterocycles. The molecule has 0 amide bonds. The Hall–Kier alpha value is -5.03. The van der Waals surface area contributed by atoms with Crippen LogP contribution in [0.1, 0.15) is 19.5 Å². The van der Waals surface area contributed by atoms with Gasteiger partial charge in [0.1, 0.15) is 41.9 Å². The maximum Gasteiger partial charge on any atom is 0.157 e. The summed E-state index contributed by atoms with van der Waals surface area (Å²) in [6.45, 7) is 7.30. The first kappa shape index (κ1) is 29.5. The predicted molar refractivity (Wildman–Crippen MR) is 166 cm³/mol. The van der Waals surface area contributed by atoms with E-state index >= 15 is 0 Å². The van der Waals surface area contributed by atoms with Gasteiger partial charge in [-0.3, -0.25) is 4.98 Å². The number of ether oxygens (including phenoxy) is 5. The normalized spacial score (nSPS) is 10.9. The van der Waals surface area contributed by atoms with Crippen LogP contribution in [-0.4, -0.2) is 59.6 Å². The van der Waals surface area contributed by atoms with Gasteiger partial charge >= 0.3 is 0 Å². The van der Waals surface area contributed by atoms with Crippen molar-refractivity contribution in [2.24, 2.45) is 0 Å². The minimum Gasteiger partial charge on any atom is -0.494 e. The third kappa shape index (κ3) is 8.26. The van der Waals surface area contributed by atoms with Crippen molar-refractivity contribution in [2.75, 3.05) is 50.7 Å². The molecular formula is C32H36N6O5. The maximum atomic E-state index is 6.10. The van der Waals surface area contributed by atoms with Crippen molar-refractivity contribution in [1.82, 2.24) is 19.9 Å². The van der Waals surface area contributed by atoms with Crippen molar-refractivity contribution in [3.63, 3.8) is 0 Å². The molecule has 5 aromatic rings. The van der Waals surface area contributed by atoms with Gasteiger partial charge in [0.25, 0.3) is 0 Å². The fourth-order valence-electron chi connectivity index (χ4n) is 4.26. The Morgan fingerprint density at radius 1 is 0.721 bits per heavy atom. The molecule has 3 aromatic heterocycles. The van der Waals surface area contributed by atoms with Crippen LogP contribution in [0.25, 0.3) is 22.6 Å². The number of nitrogens with two attached hydrogens (primary N) is 1. The summed E-state index contributed by atoms with van der Waals surface area (Å²) in [4.78, 5) is 16.8. The monoisotopic (exact) mass is 584 g/mol. The molecule has 2 aromatic carbocycles. The van der Waals surface area contributed by atoms with Gasteiger partial charge in [-0.25, -0.2) is 9.97 Å². The second-order valence-electron chi connectivity index (χ2n) is 9.41. The molecular weight excluding hydrogens is 548 g/mol. The minimum absolute atomic E-state index is 0.397. The zero-order valence-corrected chi connectivity index (χ0v) is 24.3. The van der Waals surface area contributed by atoms with E-state index in [0.29, 0.717) is 69.2 Å². The standard InChI is InChI=1S/C32H36N6O5/c1-3-40-23-7-10-28(27(33)17-23)35-19-22-5-6-25(20-34-22)42-15-13-39-14-16-43-26-9-12-30(36-21-26)32-37-29-11-8-24(41-4-2)18-31(29)38-32/h5-12,17-18,20-21,35H,3-4,13-16,19,33H2,1-2H3,(H,37,38). The van der Waals surface area contributed by atoms with E-state index < -0.39 is 0 Å². The van der Waals surface area contributed by atoms with E-state index in [1.807, 2.05) is 74.5 Å². The van der Waals surface area contributed by atoms with Gasteiger partial charge in [-0.1, -0.05) is 0 Å². The number of hydrogen-bond donors (Lipinski definition) is 3. The molecule has 0 saturated carbocycles. The van der Waals surface area contributed by atoms with Crippen LogP contribution in [-0.2, 0) is 11.3 Å². The number of pyridine rings is 2. The molecule has 0 fully saturated rings. The van der Waals surface area contributed by atoms with Gasteiger partial charge in [-0.2, -0.15) is 0 Å². The van der Waals surface area contributed by atoms with Crippen LogP contribution >= 0.6 is 0 Å². The van der Waals surface area contributed by atoms with E-state index in [4.69, 9.17) is 29.4 Å². The van der Waals surface area contributed by atoms with Crippen molar-refractivity contribution < 1.29 is 23.7 Å². The molecule has 0 bridgehead atoms. The maximum absolute atomic E-state index is 6.10. The number of H-pyrrole nitrogens is 1. The van der Waals surface area contributed by atoms with Crippen LogP contribution in [0, 0.1) is 0 Å². The smallest absolute Gasteiger partial charge is 0.157 e. The fraction of sp³-hybridized carbons (Fsp3) is 0.281. The molecule has 0 aliphatic heterocycles. The van der Waals surface area contributed by atoms with E-state index in [1.54, 1.807) is 12.4 Å². The number of anilines is 2. The van der Waals surface area contributed by atoms with Gasteiger partial charge in [0.15, 0.2) is 5.82 Å². The highest BCUT2D eigenvalue weighted by atomic mass is 16.5. The Labute approximate surface area is 250 Å². The van der Waals surface area contributed by atoms with Crippen molar-refractivity contribution in [3.8, 4) is 34.5 Å². The first-order valence-electron chi connectivity index (χ1n) is 14.2. The summed E-state index contributed by atoms with van der Waals surface area (Å²) in [7, 11) is 0. The molecule has 224 valence electrons. The number of nitrogen functional groups attached to an aromatic ring is 1. The summed E-state index contributed by atoms with van der Waals surface area (Å²) >= 11 is 0. The number of imidazole rings is 1. The third-order valence-electron chi connectivity index (χ3n) is 6.33. The molecule has 0 radical (unpaired) electrons. The van der Waals surface area contributed by atoms with Gasteiger partial charge in [0.05, 0.1) is 73.5 Å². The summed E-state index contributed by atoms with van der Waals surface area (Å²) in [5.41, 5.74) is 10.9. The number of aromatic amines is 1. The number of benzene rings is 2. The zero-order valence-electron chi connectivity index (χ0n) is 24.3. The van der Waals surface area contributed by atoms with Crippen molar-refractivity contribution in [2.45, 2.75) is 20.4 Å². The number of nitrogens with one attached hydrogen (secondary N) is 2. The molecule has 0 atom stereocenters. The molecule has 43 heavy (non-hydrogen) atoms. The SMILES string of the molecule is CCOc1ccc(NCc2ccc(OCCOCCOc3ccc(-c4nc5ccc(OCC)cc5[nH]4)nc3)cn2)c(N)c1. The van der Waals surface area contributed by atoms with Crippen LogP contribution in [0.5, 0.6) is 23.0 Å². The summed E-state index contributed by atoms with van der Waals surface area (Å²) < 4.78 is 28.1. The molecule has 0 aliphatic carbocycles. The highest BCUT2D eigenvalue weighted by Gasteiger charge is 2.08. The molecule has 4 N–H and O–H groups in total. The molecule has 0 saturated heterocycles. The van der Waals surface area contributed by atoms with Crippen molar-refractivity contribution in [3.05, 3.63) is 78.8 Å². The van der Waals surface area contributed by atoms with E-state index in [0.717, 1.165) is 39.6 Å². The Morgan fingerprint density at radius 2 is 1.40 bits per heavy atom. The lowest BCUT2D eigenvalue weighted by molar-refractivity contribution is 0.0762. The summed E-state index contributed by atoms with van der Waals surface area (Å²) in [6, 6.07) is 18.9. The lowest BCUT2D eigenvalue weighted by Gasteiger charge is -2.11. The van der Waals surface area contributed by atoms with Crippen molar-refractivity contribution >= 4 is 22.4 Å². The molecule has 11 nitrogen and oxygen atoms in total. The van der Waals surface area contributed by atoms with Crippen LogP contribution in [0.3, 0.4) is 0 Å². The number of nitrogens with zero attached hydrogens (tertiary/aromatic N) is 3. The Bertz CT molecular complexity index is 1590. The molecule has 0 aliphatic rings. The van der Waals surface area contributed by atoms with Gasteiger partial charge < -0.3 is 39.7 Å². The Kier molecular flexibility index (Phi) is 10.1. The highest BCUT2D eigenvalue weighted by molar-refractivity contribution is 5.80. The first-order chi connectivity index (χ1) is 21.1. The van der Waals surface area contributed by atoms with E-state index in [1.165, 1.54) is 0 Å². The quantitative estimate of drug-likeness (QED) is 0.101. The van der Waals surface area contributed by atoms with Gasteiger partial charge in [0, 0.05) is 12.1 Å². The Balaban J connectivity index is 0.970. The molecule has 5 rings (SSSR count). The summed E-state index contributed by atoms with van der Waals surface area (Å²) in [6.07, 6.45) is 3.37. The van der Waals surface area contributed by atoms with Gasteiger partial charge in [0.2, 0.25) is 0 Å². The molecule has 0 spiro atoms. The van der Waals surface area contributed by atoms with E-state index in [2.05, 4.69) is 25.3 Å². The van der Waals surface area contributed by atoms with Gasteiger partial charge in [-0.15, -0.1) is 0 Å². The number of hydrogen-bond acceptors (Lipinski definition) is 10. The highest BCUT2D eigenvalue weighted by Crippen LogP contribution is 2.25. The van der Waals surface area contributed by atoms with Crippen LogP contribution in [0.4, 0.5) is 11.4 Å². The first-order valence-corrected chi connectivity index (χ1v) is 14.2. The lowest BCUT2D eigenvalue weighted by atomic mass is 10.2. The second-order valence-corrected chi connectivity index (χ2v) is 9.41. The lowest BCUT2D eigenvalue weighted by Crippen LogP contribution is -2.12. The second kappa shape index (κ2) is 14.7. The average Bonchev–Trinajstić information content (AvgIpc) is 3.45. The average molecular weight is 585 g/mol. The minimum atomic E-state index is 0.397. The van der Waals surface area contributed by atoms with E-state index in [9.17, 15) is 0 Å². The fourth-order valence-corrected chi connectivity index (χ4v) is 4.26. The van der Waals surface area contributed by atoms with Crippen LogP contribution in [0.2, 0.25) is 0 Å². The largest absolute Gasteiger partial charge is 0.494 e. The number of rotatable bonds is 16.